The van der Waals surface area contributed by atoms with Gasteiger partial charge in [0.1, 0.15) is 5.75 Å². The quantitative estimate of drug-likeness (QED) is 0.281. The van der Waals surface area contributed by atoms with Crippen molar-refractivity contribution < 1.29 is 24.3 Å². The Morgan fingerprint density at radius 2 is 1.85 bits per heavy atom. The van der Waals surface area contributed by atoms with Crippen LogP contribution in [0.1, 0.15) is 65.1 Å². The van der Waals surface area contributed by atoms with Gasteiger partial charge in [0.2, 0.25) is 0 Å². The highest BCUT2D eigenvalue weighted by Crippen LogP contribution is 2.34. The van der Waals surface area contributed by atoms with E-state index in [2.05, 4.69) is 17.3 Å². The Morgan fingerprint density at radius 3 is 2.62 bits per heavy atom. The Balaban J connectivity index is 1.46. The number of likely N-dealkylation sites (tertiary alicyclic amines) is 1. The zero-order chi connectivity index (χ0) is 27.6. The van der Waals surface area contributed by atoms with Crippen molar-refractivity contribution in [1.29, 1.82) is 0 Å². The van der Waals surface area contributed by atoms with E-state index in [1.54, 1.807) is 13.0 Å². The number of hydrogen-bond acceptors (Lipinski definition) is 6. The van der Waals surface area contributed by atoms with Crippen molar-refractivity contribution in [3.05, 3.63) is 88.0 Å². The minimum Gasteiger partial charge on any atom is -0.506 e. The number of aryl methyl sites for hydroxylation is 1. The summed E-state index contributed by atoms with van der Waals surface area (Å²) in [5, 5.41) is 14.7. The third-order valence-electron chi connectivity index (χ3n) is 7.08. The molecule has 7 nitrogen and oxygen atoms in total. The number of esters is 1. The fourth-order valence-electron chi connectivity index (χ4n) is 4.98. The van der Waals surface area contributed by atoms with Crippen LogP contribution in [-0.4, -0.2) is 53.9 Å². The number of piperidine rings is 1. The lowest BCUT2D eigenvalue weighted by molar-refractivity contribution is -0.137. The molecule has 2 aliphatic rings. The van der Waals surface area contributed by atoms with Gasteiger partial charge < -0.3 is 19.6 Å². The molecule has 8 heteroatoms. The number of nitrogens with zero attached hydrogens (tertiary/aromatic N) is 2. The number of halogens is 1. The van der Waals surface area contributed by atoms with Crippen LogP contribution in [0, 0.1) is 6.92 Å². The summed E-state index contributed by atoms with van der Waals surface area (Å²) in [6.45, 7) is 3.14. The lowest BCUT2D eigenvalue weighted by atomic mass is 9.89. The first-order valence-electron chi connectivity index (χ1n) is 13.4. The minimum atomic E-state index is -0.506. The van der Waals surface area contributed by atoms with Crippen LogP contribution in [0.4, 0.5) is 0 Å². The number of hydrogen-bond donors (Lipinski definition) is 1. The van der Waals surface area contributed by atoms with Crippen LogP contribution in [0.25, 0.3) is 0 Å². The summed E-state index contributed by atoms with van der Waals surface area (Å²) in [6.07, 6.45) is 12.0. The van der Waals surface area contributed by atoms with Crippen molar-refractivity contribution in [3.8, 4) is 5.75 Å². The first-order chi connectivity index (χ1) is 18.9. The maximum atomic E-state index is 12.9. The number of aromatic hydroxyl groups is 1. The van der Waals surface area contributed by atoms with Crippen molar-refractivity contribution >= 4 is 29.2 Å². The third kappa shape index (κ3) is 7.73. The molecular formula is C31H35ClN2O5. The summed E-state index contributed by atoms with van der Waals surface area (Å²) in [7, 11) is 0. The van der Waals surface area contributed by atoms with E-state index in [9.17, 15) is 14.7 Å². The predicted octanol–water partition coefficient (Wildman–Crippen LogP) is 6.13. The van der Waals surface area contributed by atoms with E-state index >= 15 is 0 Å². The first kappa shape index (κ1) is 28.4. The maximum Gasteiger partial charge on any atom is 0.338 e. The molecule has 2 aromatic rings. The van der Waals surface area contributed by atoms with E-state index in [0.29, 0.717) is 47.8 Å². The monoisotopic (exact) mass is 550 g/mol. The van der Waals surface area contributed by atoms with Gasteiger partial charge in [0.15, 0.2) is 6.61 Å². The van der Waals surface area contributed by atoms with Crippen molar-refractivity contribution in [2.24, 2.45) is 5.16 Å². The Kier molecular flexibility index (Phi) is 10.2. The highest BCUT2D eigenvalue weighted by Gasteiger charge is 2.25. The molecule has 4 rings (SSSR count). The number of allylic oxidation sites excluding steroid dienone is 3. The molecule has 1 saturated heterocycles. The van der Waals surface area contributed by atoms with Gasteiger partial charge in [-0.2, -0.15) is 0 Å². The van der Waals surface area contributed by atoms with E-state index in [1.807, 2.05) is 41.3 Å². The van der Waals surface area contributed by atoms with Crippen LogP contribution in [0.2, 0.25) is 5.02 Å². The lowest BCUT2D eigenvalue weighted by Crippen LogP contribution is -2.39. The predicted molar refractivity (Wildman–Crippen MR) is 152 cm³/mol. The zero-order valence-corrected chi connectivity index (χ0v) is 23.0. The molecule has 1 fully saturated rings. The molecule has 206 valence electrons. The van der Waals surface area contributed by atoms with Gasteiger partial charge in [0.25, 0.3) is 5.91 Å². The van der Waals surface area contributed by atoms with Crippen molar-refractivity contribution in [1.82, 2.24) is 4.90 Å². The van der Waals surface area contributed by atoms with Crippen LogP contribution >= 0.6 is 11.6 Å². The van der Waals surface area contributed by atoms with E-state index in [-0.39, 0.29) is 36.3 Å². The molecule has 0 atom stereocenters. The van der Waals surface area contributed by atoms with Crippen LogP contribution in [0.5, 0.6) is 5.75 Å². The van der Waals surface area contributed by atoms with Gasteiger partial charge >= 0.3 is 5.97 Å². The molecule has 0 unspecified atom stereocenters. The van der Waals surface area contributed by atoms with Crippen LogP contribution in [-0.2, 0) is 20.8 Å². The maximum absolute atomic E-state index is 12.9. The van der Waals surface area contributed by atoms with Crippen molar-refractivity contribution in [3.63, 3.8) is 0 Å². The molecule has 0 spiro atoms. The first-order valence-corrected chi connectivity index (χ1v) is 13.8. The number of phenols is 1. The van der Waals surface area contributed by atoms with Crippen molar-refractivity contribution in [2.45, 2.75) is 51.4 Å². The highest BCUT2D eigenvalue weighted by atomic mass is 35.5. The Morgan fingerprint density at radius 1 is 1.13 bits per heavy atom. The molecule has 0 aromatic heterocycles. The largest absolute Gasteiger partial charge is 0.506 e. The average molecular weight is 551 g/mol. The molecule has 2 heterocycles. The Bertz CT molecular complexity index is 1250. The average Bonchev–Trinajstić information content (AvgIpc) is 2.94. The van der Waals surface area contributed by atoms with Gasteiger partial charge in [0, 0.05) is 19.5 Å². The third-order valence-corrected chi connectivity index (χ3v) is 7.51. The number of carbonyl (C=O) groups excluding carboxylic acids is 2. The molecule has 1 N–H and O–H groups in total. The van der Waals surface area contributed by atoms with Gasteiger partial charge in [-0.3, -0.25) is 4.79 Å². The molecule has 0 aliphatic carbocycles. The summed E-state index contributed by atoms with van der Waals surface area (Å²) in [6, 6.07) is 11.8. The number of carbonyl (C=O) groups is 2. The number of phenolic OH excluding ortho intramolecular Hbond substituents is 1. The molecule has 0 saturated carbocycles. The van der Waals surface area contributed by atoms with E-state index < -0.39 is 5.97 Å². The van der Waals surface area contributed by atoms with E-state index in [0.717, 1.165) is 25.7 Å². The van der Waals surface area contributed by atoms with Crippen LogP contribution < -0.4 is 0 Å². The Hall–Kier alpha value is -3.58. The molecule has 1 amide bonds. The Labute approximate surface area is 234 Å². The minimum absolute atomic E-state index is 0.0676. The summed E-state index contributed by atoms with van der Waals surface area (Å²) >= 11 is 6.46. The van der Waals surface area contributed by atoms with Gasteiger partial charge in [-0.1, -0.05) is 65.3 Å². The highest BCUT2D eigenvalue weighted by molar-refractivity contribution is 6.33. The normalized spacial score (nSPS) is 20.0. The van der Waals surface area contributed by atoms with Gasteiger partial charge in [-0.15, -0.1) is 0 Å². The lowest BCUT2D eigenvalue weighted by Gasteiger charge is -2.32. The fourth-order valence-corrected chi connectivity index (χ4v) is 5.20. The molecular weight excluding hydrogens is 516 g/mol. The van der Waals surface area contributed by atoms with E-state index in [1.165, 1.54) is 11.6 Å². The fraction of sp³-hybridized carbons (Fsp3) is 0.387. The molecule has 0 radical (unpaired) electrons. The van der Waals surface area contributed by atoms with Gasteiger partial charge in [-0.05, 0) is 73.8 Å². The second-order valence-electron chi connectivity index (χ2n) is 9.85. The van der Waals surface area contributed by atoms with Crippen LogP contribution in [0.15, 0.2) is 65.9 Å². The standard InChI is InChI=1S/C31H35ClN2O5/c1-22-19-27(35)30(32)26-20-25(13-9-4-2-3-5-10-18-38-31(37)29(22)26)33-39-21-28(36)34-16-14-24(15-17-34)23-11-7-6-8-12-23/h3,5-9,11-13,19,24,35H,2,4,10,14-18,20-21H2,1H3/b5-3+,13-9+,33-25+. The van der Waals surface area contributed by atoms with Gasteiger partial charge in [0.05, 0.1) is 22.9 Å². The number of benzene rings is 2. The molecule has 2 aliphatic heterocycles. The number of amides is 1. The second-order valence-corrected chi connectivity index (χ2v) is 10.2. The van der Waals surface area contributed by atoms with Gasteiger partial charge in [-0.25, -0.2) is 4.79 Å². The summed E-state index contributed by atoms with van der Waals surface area (Å²) in [4.78, 5) is 33.1. The topological polar surface area (TPSA) is 88.4 Å². The SMILES string of the molecule is Cc1cc(O)c(Cl)c2c1C(=O)OCC/C=C/CC/C=C/C(=N\OCC(=O)N1CCC(c3ccccc3)CC1)C2. The molecule has 2 aromatic carbocycles. The molecule has 39 heavy (non-hydrogen) atoms. The number of ether oxygens (including phenoxy) is 1. The summed E-state index contributed by atoms with van der Waals surface area (Å²) < 4.78 is 5.47. The number of rotatable bonds is 4. The zero-order valence-electron chi connectivity index (χ0n) is 22.3. The molecule has 0 bridgehead atoms. The second kappa shape index (κ2) is 14.0. The van der Waals surface area contributed by atoms with Crippen LogP contribution in [0.3, 0.4) is 0 Å². The van der Waals surface area contributed by atoms with E-state index in [4.69, 9.17) is 21.2 Å². The number of fused-ring (bicyclic) bond motifs is 1. The summed E-state index contributed by atoms with van der Waals surface area (Å²) in [5.74, 6) is -0.287. The van der Waals surface area contributed by atoms with Crippen molar-refractivity contribution in [2.75, 3.05) is 26.3 Å². The smallest absolute Gasteiger partial charge is 0.338 e. The summed E-state index contributed by atoms with van der Waals surface area (Å²) in [5.41, 5.74) is 3.06. The number of oxime groups is 1. The number of cyclic esters (lactones) is 1.